The van der Waals surface area contributed by atoms with Gasteiger partial charge in [-0.2, -0.15) is 5.10 Å². The number of anilines is 2. The summed E-state index contributed by atoms with van der Waals surface area (Å²) < 4.78 is 13.8. The lowest BCUT2D eigenvalue weighted by molar-refractivity contribution is 0.609. The van der Waals surface area contributed by atoms with Gasteiger partial charge in [-0.15, -0.1) is 0 Å². The molecule has 0 bridgehead atoms. The van der Waals surface area contributed by atoms with Crippen molar-refractivity contribution in [3.05, 3.63) is 65.0 Å². The van der Waals surface area contributed by atoms with Crippen molar-refractivity contribution in [1.29, 1.82) is 0 Å². The minimum atomic E-state index is -0.145. The van der Waals surface area contributed by atoms with E-state index in [1.165, 1.54) is 6.07 Å². The second-order valence-corrected chi connectivity index (χ2v) is 5.85. The Hall–Kier alpha value is -2.47. The Morgan fingerprint density at radius 3 is 2.87 bits per heavy atom. The molecule has 1 aromatic carbocycles. The van der Waals surface area contributed by atoms with Crippen molar-refractivity contribution >= 4 is 23.2 Å². The Morgan fingerprint density at radius 1 is 1.17 bits per heavy atom. The van der Waals surface area contributed by atoms with E-state index in [1.807, 2.05) is 18.2 Å². The van der Waals surface area contributed by atoms with Crippen LogP contribution in [0.2, 0.25) is 5.28 Å². The van der Waals surface area contributed by atoms with E-state index in [-0.39, 0.29) is 22.9 Å². The Balaban J connectivity index is 1.48. The van der Waals surface area contributed by atoms with Crippen LogP contribution in [-0.2, 0) is 0 Å². The van der Waals surface area contributed by atoms with Crippen LogP contribution in [0, 0.1) is 5.82 Å². The fourth-order valence-electron chi connectivity index (χ4n) is 2.78. The molecule has 0 unspecified atom stereocenters. The molecule has 116 valence electrons. The van der Waals surface area contributed by atoms with Crippen LogP contribution in [0.3, 0.4) is 0 Å². The van der Waals surface area contributed by atoms with Crippen molar-refractivity contribution in [3.63, 3.8) is 0 Å². The summed E-state index contributed by atoms with van der Waals surface area (Å²) in [5.41, 5.74) is 1.75. The number of aromatic amines is 1. The lowest BCUT2D eigenvalue weighted by Crippen LogP contribution is -1.94. The highest BCUT2D eigenvalue weighted by Crippen LogP contribution is 2.54. The van der Waals surface area contributed by atoms with E-state index in [4.69, 9.17) is 11.6 Å². The molecule has 1 aliphatic rings. The van der Waals surface area contributed by atoms with Crippen molar-refractivity contribution in [1.82, 2.24) is 20.2 Å². The second-order valence-electron chi connectivity index (χ2n) is 5.51. The number of H-pyrrole nitrogens is 1. The van der Waals surface area contributed by atoms with Crippen LogP contribution >= 0.6 is 11.6 Å². The van der Waals surface area contributed by atoms with Gasteiger partial charge in [0.25, 0.3) is 0 Å². The molecular formula is C16H13ClFN5. The van der Waals surface area contributed by atoms with Gasteiger partial charge in [0.05, 0.1) is 0 Å². The molecule has 3 aromatic rings. The van der Waals surface area contributed by atoms with Gasteiger partial charge in [0, 0.05) is 23.9 Å². The molecular weight excluding hydrogens is 317 g/mol. The van der Waals surface area contributed by atoms with Crippen molar-refractivity contribution in [2.75, 3.05) is 5.32 Å². The highest BCUT2D eigenvalue weighted by molar-refractivity contribution is 6.28. The first-order valence-corrected chi connectivity index (χ1v) is 7.64. The van der Waals surface area contributed by atoms with E-state index in [2.05, 4.69) is 25.5 Å². The summed E-state index contributed by atoms with van der Waals surface area (Å²) in [6, 6.07) is 10.6. The topological polar surface area (TPSA) is 66.5 Å². The average Bonchev–Trinajstić information content (AvgIpc) is 3.19. The predicted molar refractivity (Wildman–Crippen MR) is 85.4 cm³/mol. The number of nitrogens with zero attached hydrogens (tertiary/aromatic N) is 3. The number of nitrogens with one attached hydrogen (secondary N) is 2. The number of aromatic nitrogens is 4. The molecule has 2 heterocycles. The third-order valence-electron chi connectivity index (χ3n) is 3.97. The van der Waals surface area contributed by atoms with Gasteiger partial charge in [0.2, 0.25) is 5.28 Å². The van der Waals surface area contributed by atoms with Crippen molar-refractivity contribution in [3.8, 4) is 0 Å². The fraction of sp³-hybridized carbons (Fsp3) is 0.188. The highest BCUT2D eigenvalue weighted by atomic mass is 35.5. The summed E-state index contributed by atoms with van der Waals surface area (Å²) >= 11 is 5.75. The Kier molecular flexibility index (Phi) is 3.46. The zero-order valence-electron chi connectivity index (χ0n) is 12.0. The molecule has 23 heavy (non-hydrogen) atoms. The van der Waals surface area contributed by atoms with Gasteiger partial charge in [-0.1, -0.05) is 18.2 Å². The molecule has 5 nitrogen and oxygen atoms in total. The Labute approximate surface area is 136 Å². The van der Waals surface area contributed by atoms with Crippen LogP contribution in [0.5, 0.6) is 0 Å². The molecule has 2 atom stereocenters. The quantitative estimate of drug-likeness (QED) is 0.710. The SMILES string of the molecule is Fc1ccccc1[C@@H]1C[C@H]1c1cc(Nc2ccnc(Cl)n2)n[nH]1. The molecule has 1 aliphatic carbocycles. The minimum absolute atomic E-state index is 0.145. The third kappa shape index (κ3) is 2.90. The molecule has 0 spiro atoms. The molecule has 7 heteroatoms. The zero-order valence-corrected chi connectivity index (χ0v) is 12.8. The summed E-state index contributed by atoms with van der Waals surface area (Å²) in [4.78, 5) is 7.88. The lowest BCUT2D eigenvalue weighted by atomic mass is 10.1. The van der Waals surface area contributed by atoms with Crippen molar-refractivity contribution in [2.24, 2.45) is 0 Å². The fourth-order valence-corrected chi connectivity index (χ4v) is 2.93. The third-order valence-corrected chi connectivity index (χ3v) is 4.16. The van der Waals surface area contributed by atoms with E-state index in [0.29, 0.717) is 11.6 Å². The van der Waals surface area contributed by atoms with E-state index in [9.17, 15) is 4.39 Å². The molecule has 0 amide bonds. The normalized spacial score (nSPS) is 19.6. The average molecular weight is 330 g/mol. The molecule has 2 aromatic heterocycles. The van der Waals surface area contributed by atoms with Crippen LogP contribution in [0.1, 0.15) is 29.5 Å². The first-order chi connectivity index (χ1) is 11.2. The van der Waals surface area contributed by atoms with Gasteiger partial charge < -0.3 is 5.32 Å². The van der Waals surface area contributed by atoms with E-state index in [1.54, 1.807) is 18.3 Å². The largest absolute Gasteiger partial charge is 0.323 e. The number of halogens is 2. The van der Waals surface area contributed by atoms with Gasteiger partial charge in [-0.3, -0.25) is 5.10 Å². The monoisotopic (exact) mass is 329 g/mol. The van der Waals surface area contributed by atoms with Crippen LogP contribution in [0.4, 0.5) is 16.0 Å². The number of rotatable bonds is 4. The highest BCUT2D eigenvalue weighted by Gasteiger charge is 2.42. The summed E-state index contributed by atoms with van der Waals surface area (Å²) in [7, 11) is 0. The molecule has 1 saturated carbocycles. The zero-order chi connectivity index (χ0) is 15.8. The summed E-state index contributed by atoms with van der Waals surface area (Å²) in [5, 5.41) is 10.5. The summed E-state index contributed by atoms with van der Waals surface area (Å²) in [5.74, 6) is 1.55. The Morgan fingerprint density at radius 2 is 2.04 bits per heavy atom. The van der Waals surface area contributed by atoms with Crippen LogP contribution in [0.25, 0.3) is 0 Å². The molecule has 4 rings (SSSR count). The summed E-state index contributed by atoms with van der Waals surface area (Å²) in [6.45, 7) is 0. The van der Waals surface area contributed by atoms with E-state index in [0.717, 1.165) is 17.7 Å². The lowest BCUT2D eigenvalue weighted by Gasteiger charge is -2.01. The first-order valence-electron chi connectivity index (χ1n) is 7.26. The summed E-state index contributed by atoms with van der Waals surface area (Å²) in [6.07, 6.45) is 2.49. The van der Waals surface area contributed by atoms with Gasteiger partial charge in [-0.05, 0) is 41.6 Å². The second kappa shape index (κ2) is 5.62. The van der Waals surface area contributed by atoms with Crippen LogP contribution in [0.15, 0.2) is 42.6 Å². The van der Waals surface area contributed by atoms with Crippen molar-refractivity contribution in [2.45, 2.75) is 18.3 Å². The number of benzene rings is 1. The van der Waals surface area contributed by atoms with Gasteiger partial charge in [-0.25, -0.2) is 14.4 Å². The molecule has 0 aliphatic heterocycles. The predicted octanol–water partition coefficient (Wildman–Crippen LogP) is 4.01. The molecule has 0 radical (unpaired) electrons. The maximum Gasteiger partial charge on any atom is 0.224 e. The van der Waals surface area contributed by atoms with E-state index >= 15 is 0 Å². The van der Waals surface area contributed by atoms with Gasteiger partial charge in [0.1, 0.15) is 11.6 Å². The maximum atomic E-state index is 13.8. The van der Waals surface area contributed by atoms with Gasteiger partial charge in [0.15, 0.2) is 5.82 Å². The van der Waals surface area contributed by atoms with E-state index < -0.39 is 0 Å². The maximum absolute atomic E-state index is 13.8. The smallest absolute Gasteiger partial charge is 0.224 e. The molecule has 1 fully saturated rings. The minimum Gasteiger partial charge on any atom is -0.323 e. The van der Waals surface area contributed by atoms with Crippen molar-refractivity contribution < 1.29 is 4.39 Å². The number of hydrogen-bond donors (Lipinski definition) is 2. The standard InChI is InChI=1S/C16H13ClFN5/c17-16-19-6-5-14(21-16)20-15-8-13(22-23-15)11-7-10(11)9-3-1-2-4-12(9)18/h1-6,8,10-11H,7H2,(H2,19,20,21,22,23)/t10-,11+/m0/s1. The first kappa shape index (κ1) is 14.1. The molecule has 2 N–H and O–H groups in total. The van der Waals surface area contributed by atoms with Crippen LogP contribution in [-0.4, -0.2) is 20.2 Å². The number of hydrogen-bond acceptors (Lipinski definition) is 4. The van der Waals surface area contributed by atoms with Gasteiger partial charge >= 0.3 is 0 Å². The molecule has 0 saturated heterocycles. The van der Waals surface area contributed by atoms with Crippen LogP contribution < -0.4 is 5.32 Å². The Bertz CT molecular complexity index is 850.